The Morgan fingerprint density at radius 3 is 2.03 bits per heavy atom. The van der Waals surface area contributed by atoms with Gasteiger partial charge in [-0.2, -0.15) is 0 Å². The van der Waals surface area contributed by atoms with E-state index in [4.69, 9.17) is 4.74 Å². The number of anilines is 1. The lowest BCUT2D eigenvalue weighted by atomic mass is 10.1. The van der Waals surface area contributed by atoms with E-state index in [2.05, 4.69) is 10.6 Å². The standard InChI is InChI=1S/C32H25FN2O4/c1-39-28-18-9-23(10-19-28)21-29(35-31(37)25-5-3-2-4-6-25)32(38)34-27-16-12-24(13-17-27)30(36)20-11-22-7-14-26(33)15-8-22/h2-21H,1H3,(H,34,38)(H,35,37)/b20-11+,29-21-. The van der Waals surface area contributed by atoms with E-state index in [9.17, 15) is 18.8 Å². The van der Waals surface area contributed by atoms with Crippen molar-refractivity contribution in [1.82, 2.24) is 5.32 Å². The average molecular weight is 521 g/mol. The highest BCUT2D eigenvalue weighted by atomic mass is 19.1. The van der Waals surface area contributed by atoms with Crippen LogP contribution in [0.5, 0.6) is 5.75 Å². The van der Waals surface area contributed by atoms with E-state index in [1.165, 1.54) is 18.2 Å². The van der Waals surface area contributed by atoms with E-state index in [-0.39, 0.29) is 17.3 Å². The molecule has 0 saturated carbocycles. The molecule has 39 heavy (non-hydrogen) atoms. The molecule has 4 aromatic rings. The van der Waals surface area contributed by atoms with Crippen LogP contribution in [0.4, 0.5) is 10.1 Å². The molecule has 0 unspecified atom stereocenters. The molecule has 0 aliphatic carbocycles. The molecule has 2 N–H and O–H groups in total. The summed E-state index contributed by atoms with van der Waals surface area (Å²) < 4.78 is 18.2. The normalized spacial score (nSPS) is 11.2. The zero-order chi connectivity index (χ0) is 27.6. The van der Waals surface area contributed by atoms with Gasteiger partial charge in [0.2, 0.25) is 0 Å². The molecule has 194 valence electrons. The third-order valence-electron chi connectivity index (χ3n) is 5.68. The SMILES string of the molecule is COc1ccc(/C=C(\NC(=O)c2ccccc2)C(=O)Nc2ccc(C(=O)/C=C/c3ccc(F)cc3)cc2)cc1. The van der Waals surface area contributed by atoms with Gasteiger partial charge in [-0.15, -0.1) is 0 Å². The van der Waals surface area contributed by atoms with Crippen LogP contribution in [-0.2, 0) is 4.79 Å². The number of benzene rings is 4. The van der Waals surface area contributed by atoms with E-state index in [1.807, 2.05) is 0 Å². The molecule has 0 fully saturated rings. The lowest BCUT2D eigenvalue weighted by Crippen LogP contribution is -2.30. The molecule has 0 aliphatic rings. The summed E-state index contributed by atoms with van der Waals surface area (Å²) in [5.41, 5.74) is 2.68. The smallest absolute Gasteiger partial charge is 0.272 e. The van der Waals surface area contributed by atoms with Crippen LogP contribution < -0.4 is 15.4 Å². The van der Waals surface area contributed by atoms with E-state index >= 15 is 0 Å². The molecule has 0 heterocycles. The molecule has 7 heteroatoms. The lowest BCUT2D eigenvalue weighted by molar-refractivity contribution is -0.113. The molecular weight excluding hydrogens is 495 g/mol. The number of hydrogen-bond acceptors (Lipinski definition) is 4. The van der Waals surface area contributed by atoms with Gasteiger partial charge < -0.3 is 15.4 Å². The molecular formula is C32H25FN2O4. The van der Waals surface area contributed by atoms with Crippen molar-refractivity contribution < 1.29 is 23.5 Å². The van der Waals surface area contributed by atoms with E-state index < -0.39 is 11.8 Å². The predicted octanol–water partition coefficient (Wildman–Crippen LogP) is 6.14. The average Bonchev–Trinajstić information content (AvgIpc) is 2.97. The van der Waals surface area contributed by atoms with E-state index in [0.29, 0.717) is 33.7 Å². The minimum absolute atomic E-state index is 0.0383. The maximum absolute atomic E-state index is 13.2. The van der Waals surface area contributed by atoms with Crippen molar-refractivity contribution in [2.45, 2.75) is 0 Å². The Balaban J connectivity index is 1.49. The van der Waals surface area contributed by atoms with Crippen LogP contribution in [0.15, 0.2) is 115 Å². The maximum atomic E-state index is 13.2. The molecule has 0 bridgehead atoms. The number of carbonyl (C=O) groups excluding carboxylic acids is 3. The number of halogens is 1. The van der Waals surface area contributed by atoms with Gasteiger partial charge in [-0.3, -0.25) is 14.4 Å². The van der Waals surface area contributed by atoms with Crippen molar-refractivity contribution in [1.29, 1.82) is 0 Å². The zero-order valence-electron chi connectivity index (χ0n) is 21.1. The first-order valence-electron chi connectivity index (χ1n) is 12.0. The Kier molecular flexibility index (Phi) is 8.77. The van der Waals surface area contributed by atoms with E-state index in [1.54, 1.807) is 110 Å². The highest BCUT2D eigenvalue weighted by molar-refractivity contribution is 6.11. The summed E-state index contributed by atoms with van der Waals surface area (Å²) in [6, 6.07) is 27.8. The van der Waals surface area contributed by atoms with Gasteiger partial charge in [0.25, 0.3) is 11.8 Å². The molecule has 6 nitrogen and oxygen atoms in total. The molecule has 2 amide bonds. The first kappa shape index (κ1) is 26.8. The van der Waals surface area contributed by atoms with Gasteiger partial charge in [-0.25, -0.2) is 4.39 Å². The van der Waals surface area contributed by atoms with Crippen LogP contribution in [0.2, 0.25) is 0 Å². The highest BCUT2D eigenvalue weighted by Gasteiger charge is 2.15. The number of hydrogen-bond donors (Lipinski definition) is 2. The second kappa shape index (κ2) is 12.8. The molecule has 4 aromatic carbocycles. The van der Waals surface area contributed by atoms with Crippen LogP contribution in [0.25, 0.3) is 12.2 Å². The number of methoxy groups -OCH3 is 1. The van der Waals surface area contributed by atoms with Crippen LogP contribution >= 0.6 is 0 Å². The maximum Gasteiger partial charge on any atom is 0.272 e. The van der Waals surface area contributed by atoms with Gasteiger partial charge >= 0.3 is 0 Å². The fourth-order valence-corrected chi connectivity index (χ4v) is 3.57. The Labute approximate surface area is 225 Å². The lowest BCUT2D eigenvalue weighted by Gasteiger charge is -2.12. The second-order valence-corrected chi connectivity index (χ2v) is 8.43. The van der Waals surface area contributed by atoms with Crippen molar-refractivity contribution in [2.24, 2.45) is 0 Å². The van der Waals surface area contributed by atoms with Crippen molar-refractivity contribution in [3.63, 3.8) is 0 Å². The van der Waals surface area contributed by atoms with Gasteiger partial charge in [-0.05, 0) is 83.9 Å². The minimum atomic E-state index is -0.537. The summed E-state index contributed by atoms with van der Waals surface area (Å²) in [7, 11) is 1.56. The van der Waals surface area contributed by atoms with Crippen LogP contribution in [0.1, 0.15) is 31.8 Å². The van der Waals surface area contributed by atoms with Crippen molar-refractivity contribution in [2.75, 3.05) is 12.4 Å². The molecule has 0 spiro atoms. The fourth-order valence-electron chi connectivity index (χ4n) is 3.57. The number of rotatable bonds is 9. The Bertz CT molecular complexity index is 1510. The van der Waals surface area contributed by atoms with Gasteiger partial charge in [0.05, 0.1) is 7.11 Å². The highest BCUT2D eigenvalue weighted by Crippen LogP contribution is 2.16. The summed E-state index contributed by atoms with van der Waals surface area (Å²) in [6.07, 6.45) is 4.56. The number of ketones is 1. The van der Waals surface area contributed by atoms with Crippen molar-refractivity contribution in [3.05, 3.63) is 143 Å². The second-order valence-electron chi connectivity index (χ2n) is 8.43. The topological polar surface area (TPSA) is 84.5 Å². The largest absolute Gasteiger partial charge is 0.497 e. The van der Waals surface area contributed by atoms with Crippen molar-refractivity contribution >= 4 is 35.4 Å². The monoisotopic (exact) mass is 520 g/mol. The van der Waals surface area contributed by atoms with Crippen LogP contribution in [0, 0.1) is 5.82 Å². The van der Waals surface area contributed by atoms with Gasteiger partial charge in [-0.1, -0.05) is 48.5 Å². The fraction of sp³-hybridized carbons (Fsp3) is 0.0312. The summed E-state index contributed by atoms with van der Waals surface area (Å²) in [5.74, 6) is -0.899. The Hall–Kier alpha value is -5.30. The Morgan fingerprint density at radius 2 is 1.38 bits per heavy atom. The molecule has 0 aliphatic heterocycles. The summed E-state index contributed by atoms with van der Waals surface area (Å²) >= 11 is 0. The number of ether oxygens (including phenoxy) is 1. The predicted molar refractivity (Wildman–Crippen MR) is 150 cm³/mol. The minimum Gasteiger partial charge on any atom is -0.497 e. The quantitative estimate of drug-likeness (QED) is 0.205. The number of amides is 2. The van der Waals surface area contributed by atoms with Gasteiger partial charge in [0.1, 0.15) is 17.3 Å². The van der Waals surface area contributed by atoms with Crippen molar-refractivity contribution in [3.8, 4) is 5.75 Å². The van der Waals surface area contributed by atoms with E-state index in [0.717, 1.165) is 0 Å². The van der Waals surface area contributed by atoms with Gasteiger partial charge in [0, 0.05) is 16.8 Å². The molecule has 0 atom stereocenters. The molecule has 0 radical (unpaired) electrons. The zero-order valence-corrected chi connectivity index (χ0v) is 21.1. The Morgan fingerprint density at radius 1 is 0.744 bits per heavy atom. The summed E-state index contributed by atoms with van der Waals surface area (Å²) in [6.45, 7) is 0. The number of carbonyl (C=O) groups is 3. The molecule has 4 rings (SSSR count). The summed E-state index contributed by atoms with van der Waals surface area (Å²) in [5, 5.41) is 5.45. The van der Waals surface area contributed by atoms with Crippen LogP contribution in [-0.4, -0.2) is 24.7 Å². The molecule has 0 saturated heterocycles. The first-order chi connectivity index (χ1) is 18.9. The van der Waals surface area contributed by atoms with Gasteiger partial charge in [0.15, 0.2) is 5.78 Å². The molecule has 0 aromatic heterocycles. The van der Waals surface area contributed by atoms with Crippen LogP contribution in [0.3, 0.4) is 0 Å². The summed E-state index contributed by atoms with van der Waals surface area (Å²) in [4.78, 5) is 38.5. The third-order valence-corrected chi connectivity index (χ3v) is 5.68. The first-order valence-corrected chi connectivity index (χ1v) is 12.0. The number of allylic oxidation sites excluding steroid dienone is 1. The number of nitrogens with one attached hydrogen (secondary N) is 2. The third kappa shape index (κ3) is 7.60.